The zero-order valence-corrected chi connectivity index (χ0v) is 12.0. The van der Waals surface area contributed by atoms with E-state index in [0.717, 1.165) is 24.3 Å². The number of Topliss-reactive ketones (excluding diaryl/α,β-unsaturated/α-hetero) is 1. The van der Waals surface area contributed by atoms with Gasteiger partial charge >= 0.3 is 0 Å². The number of hydrogen-bond donors (Lipinski definition) is 0. The van der Waals surface area contributed by atoms with Crippen molar-refractivity contribution in [3.8, 4) is 0 Å². The summed E-state index contributed by atoms with van der Waals surface area (Å²) in [6, 6.07) is 8.27. The van der Waals surface area contributed by atoms with E-state index in [4.69, 9.17) is 0 Å². The molecule has 1 rings (SSSR count). The molecule has 0 aromatic heterocycles. The fraction of sp³-hybridized carbons (Fsp3) is 0.588. The summed E-state index contributed by atoms with van der Waals surface area (Å²) in [5.74, 6) is 1.12. The van der Waals surface area contributed by atoms with Crippen LogP contribution in [-0.4, -0.2) is 5.78 Å². The van der Waals surface area contributed by atoms with E-state index in [-0.39, 0.29) is 0 Å². The molecule has 0 amide bonds. The van der Waals surface area contributed by atoms with Crippen LogP contribution in [0.15, 0.2) is 24.3 Å². The van der Waals surface area contributed by atoms with Crippen LogP contribution >= 0.6 is 0 Å². The molecule has 0 aliphatic heterocycles. The number of carbonyl (C=O) groups excluding carboxylic acids is 1. The van der Waals surface area contributed by atoms with E-state index in [2.05, 4.69) is 32.9 Å². The average molecular weight is 246 g/mol. The Bertz CT molecular complexity index is 368. The topological polar surface area (TPSA) is 17.1 Å². The molecule has 0 bridgehead atoms. The van der Waals surface area contributed by atoms with Crippen molar-refractivity contribution in [1.82, 2.24) is 0 Å². The lowest BCUT2D eigenvalue weighted by atomic mass is 9.93. The van der Waals surface area contributed by atoms with E-state index in [1.54, 1.807) is 0 Å². The fourth-order valence-corrected chi connectivity index (χ4v) is 2.46. The normalized spacial score (nSPS) is 12.4. The van der Waals surface area contributed by atoms with E-state index in [0.29, 0.717) is 12.2 Å². The van der Waals surface area contributed by atoms with Crippen molar-refractivity contribution in [2.24, 2.45) is 5.92 Å². The lowest BCUT2D eigenvalue weighted by Crippen LogP contribution is -2.07. The van der Waals surface area contributed by atoms with Crippen molar-refractivity contribution in [2.45, 2.75) is 59.3 Å². The van der Waals surface area contributed by atoms with Crippen molar-refractivity contribution < 1.29 is 4.79 Å². The van der Waals surface area contributed by atoms with Crippen molar-refractivity contribution >= 4 is 5.78 Å². The minimum absolute atomic E-state index is 0.384. The number of hydrogen-bond acceptors (Lipinski definition) is 1. The van der Waals surface area contributed by atoms with Crippen LogP contribution in [0.2, 0.25) is 0 Å². The SMILES string of the molecule is CCCC(CC)CCC(=O)Cc1cccc(C)c1. The van der Waals surface area contributed by atoms with Crippen LogP contribution in [0.4, 0.5) is 0 Å². The van der Waals surface area contributed by atoms with Crippen LogP contribution < -0.4 is 0 Å². The first-order chi connectivity index (χ1) is 8.65. The molecule has 0 heterocycles. The standard InChI is InChI=1S/C17H26O/c1-4-7-15(5-2)10-11-17(18)13-16-9-6-8-14(3)12-16/h6,8-9,12,15H,4-5,7,10-11,13H2,1-3H3. The highest BCUT2D eigenvalue weighted by molar-refractivity contribution is 5.80. The van der Waals surface area contributed by atoms with E-state index in [1.165, 1.54) is 24.8 Å². The predicted octanol–water partition coefficient (Wildman–Crippen LogP) is 4.71. The lowest BCUT2D eigenvalue weighted by Gasteiger charge is -2.12. The van der Waals surface area contributed by atoms with Crippen LogP contribution in [0.5, 0.6) is 0 Å². The zero-order valence-electron chi connectivity index (χ0n) is 12.0. The molecular weight excluding hydrogens is 220 g/mol. The van der Waals surface area contributed by atoms with Crippen LogP contribution in [0.25, 0.3) is 0 Å². The second-order valence-electron chi connectivity index (χ2n) is 5.31. The Hall–Kier alpha value is -1.11. The molecule has 0 N–H and O–H groups in total. The van der Waals surface area contributed by atoms with Crippen molar-refractivity contribution in [3.63, 3.8) is 0 Å². The smallest absolute Gasteiger partial charge is 0.137 e. The molecule has 0 saturated heterocycles. The van der Waals surface area contributed by atoms with Gasteiger partial charge in [-0.25, -0.2) is 0 Å². The Morgan fingerprint density at radius 1 is 1.22 bits per heavy atom. The summed E-state index contributed by atoms with van der Waals surface area (Å²) in [6.45, 7) is 6.52. The van der Waals surface area contributed by atoms with Gasteiger partial charge in [0.25, 0.3) is 0 Å². The minimum atomic E-state index is 0.384. The van der Waals surface area contributed by atoms with Gasteiger partial charge in [-0.3, -0.25) is 4.79 Å². The first-order valence-corrected chi connectivity index (χ1v) is 7.23. The zero-order chi connectivity index (χ0) is 13.4. The first kappa shape index (κ1) is 14.9. The third-order valence-electron chi connectivity index (χ3n) is 3.59. The molecule has 0 aliphatic carbocycles. The third kappa shape index (κ3) is 5.48. The van der Waals surface area contributed by atoms with E-state index < -0.39 is 0 Å². The Kier molecular flexibility index (Phi) is 6.70. The van der Waals surface area contributed by atoms with Crippen molar-refractivity contribution in [2.75, 3.05) is 0 Å². The summed E-state index contributed by atoms with van der Waals surface area (Å²) in [5.41, 5.74) is 2.39. The molecule has 0 saturated carbocycles. The molecule has 1 aromatic rings. The number of aryl methyl sites for hydroxylation is 1. The van der Waals surface area contributed by atoms with Gasteiger partial charge in [0.1, 0.15) is 5.78 Å². The second kappa shape index (κ2) is 8.07. The molecule has 1 aromatic carbocycles. The Morgan fingerprint density at radius 3 is 2.61 bits per heavy atom. The Balaban J connectivity index is 2.37. The molecule has 1 heteroatoms. The minimum Gasteiger partial charge on any atom is -0.299 e. The average Bonchev–Trinajstić information content (AvgIpc) is 2.34. The largest absolute Gasteiger partial charge is 0.299 e. The highest BCUT2D eigenvalue weighted by Crippen LogP contribution is 2.18. The van der Waals surface area contributed by atoms with Crippen molar-refractivity contribution in [3.05, 3.63) is 35.4 Å². The van der Waals surface area contributed by atoms with Gasteiger partial charge in [0.05, 0.1) is 0 Å². The number of ketones is 1. The monoisotopic (exact) mass is 246 g/mol. The molecule has 0 fully saturated rings. The quantitative estimate of drug-likeness (QED) is 0.649. The molecule has 0 spiro atoms. The van der Waals surface area contributed by atoms with Gasteiger partial charge in [0.15, 0.2) is 0 Å². The van der Waals surface area contributed by atoms with E-state index >= 15 is 0 Å². The fourth-order valence-electron chi connectivity index (χ4n) is 2.46. The summed E-state index contributed by atoms with van der Waals surface area (Å²) < 4.78 is 0. The molecular formula is C17H26O. The van der Waals surface area contributed by atoms with Gasteiger partial charge < -0.3 is 0 Å². The van der Waals surface area contributed by atoms with Crippen molar-refractivity contribution in [1.29, 1.82) is 0 Å². The number of benzene rings is 1. The Labute approximate surface area is 112 Å². The van der Waals surface area contributed by atoms with Gasteiger partial charge in [0, 0.05) is 12.8 Å². The van der Waals surface area contributed by atoms with E-state index in [1.807, 2.05) is 12.1 Å². The second-order valence-corrected chi connectivity index (χ2v) is 5.31. The van der Waals surface area contributed by atoms with E-state index in [9.17, 15) is 4.79 Å². The lowest BCUT2D eigenvalue weighted by molar-refractivity contribution is -0.118. The molecule has 1 unspecified atom stereocenters. The van der Waals surface area contributed by atoms with Crippen LogP contribution in [0.3, 0.4) is 0 Å². The highest BCUT2D eigenvalue weighted by atomic mass is 16.1. The van der Waals surface area contributed by atoms with Crippen LogP contribution in [-0.2, 0) is 11.2 Å². The Morgan fingerprint density at radius 2 is 2.00 bits per heavy atom. The third-order valence-corrected chi connectivity index (χ3v) is 3.59. The van der Waals surface area contributed by atoms with Gasteiger partial charge in [-0.15, -0.1) is 0 Å². The summed E-state index contributed by atoms with van der Waals surface area (Å²) >= 11 is 0. The maximum Gasteiger partial charge on any atom is 0.137 e. The molecule has 1 atom stereocenters. The van der Waals surface area contributed by atoms with Gasteiger partial charge in [-0.2, -0.15) is 0 Å². The molecule has 0 radical (unpaired) electrons. The maximum atomic E-state index is 11.9. The first-order valence-electron chi connectivity index (χ1n) is 7.23. The predicted molar refractivity (Wildman–Crippen MR) is 77.8 cm³/mol. The number of carbonyl (C=O) groups is 1. The number of rotatable bonds is 8. The van der Waals surface area contributed by atoms with Gasteiger partial charge in [0.2, 0.25) is 0 Å². The highest BCUT2D eigenvalue weighted by Gasteiger charge is 2.09. The summed E-state index contributed by atoms with van der Waals surface area (Å²) in [7, 11) is 0. The summed E-state index contributed by atoms with van der Waals surface area (Å²) in [6.07, 6.45) is 6.09. The van der Waals surface area contributed by atoms with Crippen LogP contribution in [0, 0.1) is 12.8 Å². The summed E-state index contributed by atoms with van der Waals surface area (Å²) in [5, 5.41) is 0. The van der Waals surface area contributed by atoms with Crippen LogP contribution in [0.1, 0.15) is 57.1 Å². The molecule has 18 heavy (non-hydrogen) atoms. The maximum absolute atomic E-state index is 11.9. The summed E-state index contributed by atoms with van der Waals surface area (Å²) in [4.78, 5) is 11.9. The molecule has 1 nitrogen and oxygen atoms in total. The molecule has 100 valence electrons. The van der Waals surface area contributed by atoms with Gasteiger partial charge in [-0.05, 0) is 24.8 Å². The molecule has 0 aliphatic rings. The van der Waals surface area contributed by atoms with Gasteiger partial charge in [-0.1, -0.05) is 62.9 Å².